The van der Waals surface area contributed by atoms with Gasteiger partial charge in [0.1, 0.15) is 5.82 Å². The molecule has 0 N–H and O–H groups in total. The first-order valence-electron chi connectivity index (χ1n) is 11.5. The zero-order valence-electron chi connectivity index (χ0n) is 20.0. The van der Waals surface area contributed by atoms with Gasteiger partial charge in [0.25, 0.3) is 5.91 Å². The van der Waals surface area contributed by atoms with Crippen molar-refractivity contribution in [3.63, 3.8) is 0 Å². The molecule has 9 heteroatoms. The minimum absolute atomic E-state index is 0.0233. The van der Waals surface area contributed by atoms with E-state index in [1.54, 1.807) is 24.4 Å². The highest BCUT2D eigenvalue weighted by Gasteiger charge is 2.27. The van der Waals surface area contributed by atoms with Crippen molar-refractivity contribution in [1.82, 2.24) is 4.98 Å². The van der Waals surface area contributed by atoms with Crippen LogP contribution in [0.3, 0.4) is 0 Å². The number of anilines is 2. The molecule has 0 atom stereocenters. The van der Waals surface area contributed by atoms with Crippen molar-refractivity contribution < 1.29 is 17.6 Å². The Balaban J connectivity index is 1.63. The van der Waals surface area contributed by atoms with Crippen LogP contribution >= 0.6 is 11.6 Å². The van der Waals surface area contributed by atoms with Crippen LogP contribution in [0.2, 0.25) is 5.02 Å². The fraction of sp³-hybridized carbons (Fsp3) is 0.185. The Morgan fingerprint density at radius 2 is 1.61 bits per heavy atom. The van der Waals surface area contributed by atoms with E-state index in [1.807, 2.05) is 24.3 Å². The average Bonchev–Trinajstić information content (AvgIpc) is 3.41. The van der Waals surface area contributed by atoms with Crippen molar-refractivity contribution in [2.24, 2.45) is 0 Å². The van der Waals surface area contributed by atoms with Gasteiger partial charge in [-0.1, -0.05) is 29.8 Å². The Kier molecular flexibility index (Phi) is 7.76. The molecule has 36 heavy (non-hydrogen) atoms. The van der Waals surface area contributed by atoms with Crippen molar-refractivity contribution >= 4 is 38.9 Å². The highest BCUT2D eigenvalue weighted by atomic mass is 35.5. The van der Waals surface area contributed by atoms with Crippen LogP contribution in [-0.4, -0.2) is 32.4 Å². The van der Waals surface area contributed by atoms with Crippen molar-refractivity contribution in [2.45, 2.75) is 30.4 Å². The van der Waals surface area contributed by atoms with E-state index in [2.05, 4.69) is 23.7 Å². The standard InChI is InChI=1S/C27H26ClN3O4S/c1-3-30(4-2)22-12-8-20(9-13-22)19-31(25-7-5-6-18-29-25)27(32)24-16-17-26(35-24)36(33,34)23-14-10-21(28)11-15-23/h5-18H,3-4,19H2,1-2H3. The summed E-state index contributed by atoms with van der Waals surface area (Å²) < 4.78 is 31.5. The number of nitrogens with zero attached hydrogens (tertiary/aromatic N) is 3. The van der Waals surface area contributed by atoms with Crippen LogP contribution in [-0.2, 0) is 16.4 Å². The van der Waals surface area contributed by atoms with Crippen LogP contribution in [0.4, 0.5) is 11.5 Å². The Hall–Kier alpha value is -3.62. The number of amides is 1. The van der Waals surface area contributed by atoms with Gasteiger partial charge in [-0.2, -0.15) is 0 Å². The lowest BCUT2D eigenvalue weighted by Gasteiger charge is -2.23. The molecule has 0 fully saturated rings. The lowest BCUT2D eigenvalue weighted by molar-refractivity contribution is 0.0952. The first-order valence-corrected chi connectivity index (χ1v) is 13.4. The van der Waals surface area contributed by atoms with Gasteiger partial charge in [0, 0.05) is 30.0 Å². The van der Waals surface area contributed by atoms with E-state index in [4.69, 9.17) is 16.0 Å². The summed E-state index contributed by atoms with van der Waals surface area (Å²) >= 11 is 5.88. The summed E-state index contributed by atoms with van der Waals surface area (Å²) in [6.45, 7) is 6.23. The van der Waals surface area contributed by atoms with Gasteiger partial charge in [-0.05, 0) is 80.1 Å². The third-order valence-corrected chi connectivity index (χ3v) is 7.65. The van der Waals surface area contributed by atoms with Crippen LogP contribution in [0.25, 0.3) is 0 Å². The van der Waals surface area contributed by atoms with Crippen LogP contribution in [0.15, 0.2) is 99.5 Å². The quantitative estimate of drug-likeness (QED) is 0.273. The van der Waals surface area contributed by atoms with Crippen molar-refractivity contribution in [1.29, 1.82) is 0 Å². The van der Waals surface area contributed by atoms with Crippen LogP contribution in [0.5, 0.6) is 0 Å². The molecule has 0 unspecified atom stereocenters. The Morgan fingerprint density at radius 3 is 2.22 bits per heavy atom. The zero-order valence-corrected chi connectivity index (χ0v) is 21.5. The molecule has 2 aromatic heterocycles. The minimum atomic E-state index is -3.95. The third kappa shape index (κ3) is 5.45. The van der Waals surface area contributed by atoms with E-state index >= 15 is 0 Å². The molecule has 2 heterocycles. The molecule has 0 aliphatic heterocycles. The molecule has 0 saturated heterocycles. The first kappa shape index (κ1) is 25.5. The van der Waals surface area contributed by atoms with E-state index < -0.39 is 15.7 Å². The number of hydrogen-bond acceptors (Lipinski definition) is 6. The number of rotatable bonds is 9. The highest BCUT2D eigenvalue weighted by Crippen LogP contribution is 2.26. The molecular formula is C27H26ClN3O4S. The molecule has 4 aromatic rings. The monoisotopic (exact) mass is 523 g/mol. The molecule has 0 saturated carbocycles. The van der Waals surface area contributed by atoms with E-state index in [0.29, 0.717) is 10.8 Å². The second-order valence-electron chi connectivity index (χ2n) is 7.99. The lowest BCUT2D eigenvalue weighted by atomic mass is 10.1. The third-order valence-electron chi connectivity index (χ3n) is 5.76. The van der Waals surface area contributed by atoms with Gasteiger partial charge in [-0.15, -0.1) is 0 Å². The molecule has 1 amide bonds. The Morgan fingerprint density at radius 1 is 0.917 bits per heavy atom. The Bertz CT molecular complexity index is 1420. The summed E-state index contributed by atoms with van der Waals surface area (Å²) in [6, 6.07) is 21.6. The second kappa shape index (κ2) is 11.0. The average molecular weight is 524 g/mol. The van der Waals surface area contributed by atoms with Crippen LogP contribution in [0, 0.1) is 0 Å². The number of carbonyl (C=O) groups is 1. The SMILES string of the molecule is CCN(CC)c1ccc(CN(C(=O)c2ccc(S(=O)(=O)c3ccc(Cl)cc3)o2)c2ccccn2)cc1. The predicted octanol–water partition coefficient (Wildman–Crippen LogP) is 5.85. The predicted molar refractivity (Wildman–Crippen MR) is 140 cm³/mol. The number of benzene rings is 2. The van der Waals surface area contributed by atoms with E-state index in [0.717, 1.165) is 24.3 Å². The van der Waals surface area contributed by atoms with E-state index in [9.17, 15) is 13.2 Å². The number of hydrogen-bond donors (Lipinski definition) is 0. The number of sulfone groups is 1. The van der Waals surface area contributed by atoms with E-state index in [1.165, 1.54) is 41.3 Å². The van der Waals surface area contributed by atoms with Crippen molar-refractivity contribution in [2.75, 3.05) is 22.9 Å². The molecule has 0 aliphatic rings. The number of halogens is 1. The fourth-order valence-corrected chi connectivity index (χ4v) is 5.10. The largest absolute Gasteiger partial charge is 0.439 e. The highest BCUT2D eigenvalue weighted by molar-refractivity contribution is 7.91. The topological polar surface area (TPSA) is 83.7 Å². The second-order valence-corrected chi connectivity index (χ2v) is 10.3. The molecule has 2 aromatic carbocycles. The van der Waals surface area contributed by atoms with Gasteiger partial charge in [0.15, 0.2) is 5.76 Å². The number of aromatic nitrogens is 1. The molecule has 7 nitrogen and oxygen atoms in total. The summed E-state index contributed by atoms with van der Waals surface area (Å²) in [5.41, 5.74) is 1.99. The van der Waals surface area contributed by atoms with Crippen molar-refractivity contribution in [3.05, 3.63) is 101 Å². The molecule has 0 radical (unpaired) electrons. The summed E-state index contributed by atoms with van der Waals surface area (Å²) in [6.07, 6.45) is 1.59. The van der Waals surface area contributed by atoms with Gasteiger partial charge in [0.05, 0.1) is 11.4 Å². The smallest absolute Gasteiger partial charge is 0.295 e. The maximum absolute atomic E-state index is 13.5. The molecule has 0 aliphatic carbocycles. The van der Waals surface area contributed by atoms with Gasteiger partial charge in [0.2, 0.25) is 14.9 Å². The first-order chi connectivity index (χ1) is 17.3. The van der Waals surface area contributed by atoms with Gasteiger partial charge >= 0.3 is 0 Å². The summed E-state index contributed by atoms with van der Waals surface area (Å²) in [7, 11) is -3.95. The van der Waals surface area contributed by atoms with Gasteiger partial charge in [-0.25, -0.2) is 13.4 Å². The van der Waals surface area contributed by atoms with Gasteiger partial charge < -0.3 is 9.32 Å². The normalized spacial score (nSPS) is 11.3. The summed E-state index contributed by atoms with van der Waals surface area (Å²) in [5.74, 6) is -0.180. The van der Waals surface area contributed by atoms with E-state index in [-0.39, 0.29) is 22.3 Å². The zero-order chi connectivity index (χ0) is 25.7. The maximum Gasteiger partial charge on any atom is 0.295 e. The van der Waals surface area contributed by atoms with Crippen LogP contribution in [0.1, 0.15) is 30.0 Å². The molecule has 4 rings (SSSR count). The fourth-order valence-electron chi connectivity index (χ4n) is 3.80. The molecule has 186 valence electrons. The molecule has 0 bridgehead atoms. The maximum atomic E-state index is 13.5. The Labute approximate surface area is 215 Å². The number of furan rings is 1. The van der Waals surface area contributed by atoms with Crippen molar-refractivity contribution in [3.8, 4) is 0 Å². The van der Waals surface area contributed by atoms with Crippen LogP contribution < -0.4 is 9.80 Å². The van der Waals surface area contributed by atoms with Gasteiger partial charge in [-0.3, -0.25) is 9.69 Å². The molecular weight excluding hydrogens is 498 g/mol. The number of pyridine rings is 1. The summed E-state index contributed by atoms with van der Waals surface area (Å²) in [5, 5.41) is 0.0955. The lowest BCUT2D eigenvalue weighted by Crippen LogP contribution is -2.31. The molecule has 0 spiro atoms. The summed E-state index contributed by atoms with van der Waals surface area (Å²) in [4.78, 5) is 21.6. The number of carbonyl (C=O) groups excluding carboxylic acids is 1. The minimum Gasteiger partial charge on any atom is -0.439 e.